The fourth-order valence-corrected chi connectivity index (χ4v) is 4.50. The van der Waals surface area contributed by atoms with Gasteiger partial charge in [0.1, 0.15) is 5.82 Å². The summed E-state index contributed by atoms with van der Waals surface area (Å²) in [5.41, 5.74) is 4.51. The van der Waals surface area contributed by atoms with Crippen molar-refractivity contribution in [2.24, 2.45) is 0 Å². The van der Waals surface area contributed by atoms with Crippen molar-refractivity contribution >= 4 is 39.8 Å². The number of anilines is 1. The van der Waals surface area contributed by atoms with Gasteiger partial charge in [-0.05, 0) is 56.2 Å². The highest BCUT2D eigenvalue weighted by Gasteiger charge is 2.40. The average molecular weight is 392 g/mol. The van der Waals surface area contributed by atoms with Gasteiger partial charge in [-0.2, -0.15) is 0 Å². The van der Waals surface area contributed by atoms with E-state index in [0.717, 1.165) is 39.8 Å². The molecule has 2 atom stereocenters. The van der Waals surface area contributed by atoms with Crippen LogP contribution in [0.3, 0.4) is 0 Å². The summed E-state index contributed by atoms with van der Waals surface area (Å²) in [4.78, 5) is 3.48. The molecule has 0 saturated carbocycles. The van der Waals surface area contributed by atoms with E-state index in [2.05, 4.69) is 29.5 Å². The first kappa shape index (κ1) is 17.7. The molecule has 2 heterocycles. The second-order valence-corrected chi connectivity index (χ2v) is 7.95. The van der Waals surface area contributed by atoms with Gasteiger partial charge in [0, 0.05) is 46.0 Å². The molecular weight excluding hydrogens is 372 g/mol. The van der Waals surface area contributed by atoms with Gasteiger partial charge in [0.25, 0.3) is 0 Å². The molecule has 0 amide bonds. The molecule has 6 heteroatoms. The van der Waals surface area contributed by atoms with Gasteiger partial charge < -0.3 is 10.3 Å². The molecule has 0 aliphatic carbocycles. The van der Waals surface area contributed by atoms with Crippen LogP contribution in [-0.2, 0) is 12.0 Å². The van der Waals surface area contributed by atoms with E-state index in [4.69, 9.17) is 23.2 Å². The van der Waals surface area contributed by atoms with E-state index in [1.165, 1.54) is 6.07 Å². The minimum atomic E-state index is -0.502. The number of fused-ring (bicyclic) bond motifs is 3. The Morgan fingerprint density at radius 1 is 1.23 bits per heavy atom. The fourth-order valence-electron chi connectivity index (χ4n) is 4.17. The van der Waals surface area contributed by atoms with E-state index in [1.807, 2.05) is 25.2 Å². The SMILES string of the molecule is CNc1ccc(Cl)cc1[C@@]1(C)N[C@@H](C)Cc2c1[nH]c1cc(Cl)c(F)cc21. The summed E-state index contributed by atoms with van der Waals surface area (Å²) in [5, 5.41) is 8.63. The number of hydrogen-bond donors (Lipinski definition) is 3. The van der Waals surface area contributed by atoms with E-state index in [9.17, 15) is 4.39 Å². The molecule has 4 rings (SSSR count). The summed E-state index contributed by atoms with van der Waals surface area (Å²) in [5.74, 6) is -0.396. The Bertz CT molecular complexity index is 1010. The molecule has 0 radical (unpaired) electrons. The lowest BCUT2D eigenvalue weighted by Crippen LogP contribution is -2.50. The average Bonchev–Trinajstić information content (AvgIpc) is 2.93. The summed E-state index contributed by atoms with van der Waals surface area (Å²) in [7, 11) is 1.89. The van der Waals surface area contributed by atoms with Crippen LogP contribution in [0, 0.1) is 5.82 Å². The Labute approximate surface area is 161 Å². The van der Waals surface area contributed by atoms with Crippen molar-refractivity contribution in [3.63, 3.8) is 0 Å². The molecule has 136 valence electrons. The number of hydrogen-bond acceptors (Lipinski definition) is 2. The lowest BCUT2D eigenvalue weighted by atomic mass is 9.80. The Morgan fingerprint density at radius 2 is 2.00 bits per heavy atom. The molecule has 1 aromatic heterocycles. The number of aromatic amines is 1. The number of aromatic nitrogens is 1. The molecule has 0 fully saturated rings. The number of nitrogens with one attached hydrogen (secondary N) is 3. The van der Waals surface area contributed by atoms with E-state index >= 15 is 0 Å². The van der Waals surface area contributed by atoms with Gasteiger partial charge in [-0.15, -0.1) is 0 Å². The van der Waals surface area contributed by atoms with Crippen LogP contribution in [0.4, 0.5) is 10.1 Å². The third-order valence-electron chi connectivity index (χ3n) is 5.28. The van der Waals surface area contributed by atoms with E-state index in [1.54, 1.807) is 6.07 Å². The minimum Gasteiger partial charge on any atom is -0.388 e. The van der Waals surface area contributed by atoms with Gasteiger partial charge in [-0.25, -0.2) is 4.39 Å². The molecular formula is C20H20Cl2FN3. The second kappa shape index (κ2) is 6.15. The largest absolute Gasteiger partial charge is 0.388 e. The predicted octanol–water partition coefficient (Wildman–Crippen LogP) is 5.45. The fraction of sp³-hybridized carbons (Fsp3) is 0.300. The molecule has 3 N–H and O–H groups in total. The van der Waals surface area contributed by atoms with Gasteiger partial charge in [0.05, 0.1) is 10.6 Å². The van der Waals surface area contributed by atoms with Gasteiger partial charge >= 0.3 is 0 Å². The van der Waals surface area contributed by atoms with Crippen LogP contribution in [0.5, 0.6) is 0 Å². The Hall–Kier alpha value is -1.75. The highest BCUT2D eigenvalue weighted by molar-refractivity contribution is 6.31. The van der Waals surface area contributed by atoms with Gasteiger partial charge in [0.15, 0.2) is 0 Å². The number of H-pyrrole nitrogens is 1. The van der Waals surface area contributed by atoms with Crippen molar-refractivity contribution in [1.29, 1.82) is 0 Å². The zero-order chi connectivity index (χ0) is 18.6. The first-order valence-corrected chi connectivity index (χ1v) is 9.34. The van der Waals surface area contributed by atoms with Crippen molar-refractivity contribution in [2.75, 3.05) is 12.4 Å². The Balaban J connectivity index is 2.02. The maximum absolute atomic E-state index is 14.1. The minimum absolute atomic E-state index is 0.123. The van der Waals surface area contributed by atoms with Crippen molar-refractivity contribution < 1.29 is 4.39 Å². The van der Waals surface area contributed by atoms with Crippen molar-refractivity contribution in [2.45, 2.75) is 31.8 Å². The normalized spacial score (nSPS) is 22.5. The summed E-state index contributed by atoms with van der Waals surface area (Å²) < 4.78 is 14.1. The molecule has 3 nitrogen and oxygen atoms in total. The summed E-state index contributed by atoms with van der Waals surface area (Å²) in [6.45, 7) is 4.26. The monoisotopic (exact) mass is 391 g/mol. The topological polar surface area (TPSA) is 39.8 Å². The maximum Gasteiger partial charge on any atom is 0.142 e. The van der Waals surface area contributed by atoms with Crippen molar-refractivity contribution in [1.82, 2.24) is 10.3 Å². The third kappa shape index (κ3) is 2.59. The van der Waals surface area contributed by atoms with Crippen LogP contribution in [0.25, 0.3) is 10.9 Å². The van der Waals surface area contributed by atoms with Crippen molar-refractivity contribution in [3.8, 4) is 0 Å². The summed E-state index contributed by atoms with van der Waals surface area (Å²) >= 11 is 12.3. The number of halogens is 3. The molecule has 1 aliphatic heterocycles. The lowest BCUT2D eigenvalue weighted by Gasteiger charge is -2.40. The second-order valence-electron chi connectivity index (χ2n) is 7.10. The van der Waals surface area contributed by atoms with E-state index in [0.29, 0.717) is 5.02 Å². The first-order chi connectivity index (χ1) is 12.3. The molecule has 0 spiro atoms. The Kier molecular flexibility index (Phi) is 4.18. The number of benzene rings is 2. The first-order valence-electron chi connectivity index (χ1n) is 8.59. The molecule has 1 aliphatic rings. The highest BCUT2D eigenvalue weighted by Crippen LogP contribution is 2.43. The van der Waals surface area contributed by atoms with Gasteiger partial charge in [0.2, 0.25) is 0 Å². The molecule has 3 aromatic rings. The summed E-state index contributed by atoms with van der Waals surface area (Å²) in [6.07, 6.45) is 0.807. The van der Waals surface area contributed by atoms with Crippen LogP contribution < -0.4 is 10.6 Å². The van der Waals surface area contributed by atoms with Gasteiger partial charge in [-0.1, -0.05) is 23.2 Å². The van der Waals surface area contributed by atoms with E-state index in [-0.39, 0.29) is 11.1 Å². The smallest absolute Gasteiger partial charge is 0.142 e. The maximum atomic E-state index is 14.1. The van der Waals surface area contributed by atoms with Crippen LogP contribution in [0.1, 0.15) is 30.7 Å². The van der Waals surface area contributed by atoms with E-state index < -0.39 is 11.4 Å². The molecule has 0 bridgehead atoms. The quantitative estimate of drug-likeness (QED) is 0.543. The van der Waals surface area contributed by atoms with Crippen LogP contribution in [-0.4, -0.2) is 18.1 Å². The lowest BCUT2D eigenvalue weighted by molar-refractivity contribution is 0.347. The number of rotatable bonds is 2. The predicted molar refractivity (Wildman–Crippen MR) is 107 cm³/mol. The van der Waals surface area contributed by atoms with Crippen LogP contribution in [0.2, 0.25) is 10.0 Å². The molecule has 2 aromatic carbocycles. The van der Waals surface area contributed by atoms with Gasteiger partial charge in [-0.3, -0.25) is 5.32 Å². The zero-order valence-corrected chi connectivity index (χ0v) is 16.3. The van der Waals surface area contributed by atoms with Crippen LogP contribution in [0.15, 0.2) is 30.3 Å². The molecule has 0 unspecified atom stereocenters. The van der Waals surface area contributed by atoms with Crippen LogP contribution >= 0.6 is 23.2 Å². The third-order valence-corrected chi connectivity index (χ3v) is 5.81. The summed E-state index contributed by atoms with van der Waals surface area (Å²) in [6, 6.07) is 9.22. The van der Waals surface area contributed by atoms with Crippen molar-refractivity contribution in [3.05, 3.63) is 63.0 Å². The molecule has 26 heavy (non-hydrogen) atoms. The highest BCUT2D eigenvalue weighted by atomic mass is 35.5. The Morgan fingerprint density at radius 3 is 2.73 bits per heavy atom. The molecule has 0 saturated heterocycles. The standard InChI is InChI=1S/C20H20Cl2FN3/c1-10-6-13-12-8-16(23)15(22)9-18(12)25-19(13)20(2,26-10)14-7-11(21)4-5-17(14)24-3/h4-5,7-10,24-26H,6H2,1-3H3/t10-,20+/m0/s1. The zero-order valence-electron chi connectivity index (χ0n) is 14.8.